The summed E-state index contributed by atoms with van der Waals surface area (Å²) in [5.41, 5.74) is 0. The largest absolute Gasteiger partial charge is 0.389 e. The summed E-state index contributed by atoms with van der Waals surface area (Å²) < 4.78 is 27.8. The molecule has 2 N–H and O–H groups in total. The first-order valence-corrected chi connectivity index (χ1v) is 7.50. The van der Waals surface area contributed by atoms with Crippen LogP contribution in [-0.2, 0) is 14.6 Å². The first kappa shape index (κ1) is 13.9. The average Bonchev–Trinajstić information content (AvgIpc) is 2.62. The van der Waals surface area contributed by atoms with Crippen LogP contribution in [0, 0.1) is 0 Å². The molecule has 5 nitrogen and oxygen atoms in total. The zero-order valence-electron chi connectivity index (χ0n) is 9.85. The fourth-order valence-electron chi connectivity index (χ4n) is 2.21. The van der Waals surface area contributed by atoms with Crippen molar-refractivity contribution in [3.05, 3.63) is 0 Å². The second kappa shape index (κ2) is 5.95. The van der Waals surface area contributed by atoms with Crippen LogP contribution in [0.2, 0.25) is 0 Å². The molecule has 6 heteroatoms. The second-order valence-corrected chi connectivity index (χ2v) is 6.69. The van der Waals surface area contributed by atoms with Crippen molar-refractivity contribution >= 4 is 9.84 Å². The van der Waals surface area contributed by atoms with Crippen molar-refractivity contribution in [3.8, 4) is 0 Å². The molecular formula is C10H21NO4S. The van der Waals surface area contributed by atoms with Crippen LogP contribution < -0.4 is 5.32 Å². The Morgan fingerprint density at radius 3 is 2.75 bits per heavy atom. The Bertz CT molecular complexity index is 304. The topological polar surface area (TPSA) is 75.6 Å². The Morgan fingerprint density at radius 1 is 1.50 bits per heavy atom. The quantitative estimate of drug-likeness (QED) is 0.668. The third-order valence-electron chi connectivity index (χ3n) is 2.98. The maximum absolute atomic E-state index is 11.5. The van der Waals surface area contributed by atoms with E-state index in [-0.39, 0.29) is 17.9 Å². The fraction of sp³-hybridized carbons (Fsp3) is 1.00. The van der Waals surface area contributed by atoms with E-state index in [0.29, 0.717) is 6.54 Å². The smallest absolute Gasteiger partial charge is 0.151 e. The molecule has 0 aliphatic heterocycles. The Morgan fingerprint density at radius 2 is 2.19 bits per heavy atom. The van der Waals surface area contributed by atoms with Crippen LogP contribution in [0.3, 0.4) is 0 Å². The summed E-state index contributed by atoms with van der Waals surface area (Å²) in [6.07, 6.45) is 3.21. The zero-order chi connectivity index (χ0) is 12.2. The van der Waals surface area contributed by atoms with E-state index >= 15 is 0 Å². The van der Waals surface area contributed by atoms with E-state index in [2.05, 4.69) is 5.32 Å². The molecule has 0 bridgehead atoms. The highest BCUT2D eigenvalue weighted by Crippen LogP contribution is 2.24. The highest BCUT2D eigenvalue weighted by Gasteiger charge is 2.34. The number of ether oxygens (including phenoxy) is 1. The van der Waals surface area contributed by atoms with E-state index in [1.165, 1.54) is 13.4 Å². The van der Waals surface area contributed by atoms with Crippen molar-refractivity contribution in [3.63, 3.8) is 0 Å². The van der Waals surface area contributed by atoms with Crippen molar-refractivity contribution in [2.75, 3.05) is 26.5 Å². The van der Waals surface area contributed by atoms with Crippen molar-refractivity contribution in [1.82, 2.24) is 5.32 Å². The van der Waals surface area contributed by atoms with Crippen molar-refractivity contribution in [2.45, 2.75) is 36.7 Å². The van der Waals surface area contributed by atoms with Gasteiger partial charge in [0.1, 0.15) is 0 Å². The predicted octanol–water partition coefficient (Wildman–Crippen LogP) is -0.451. The standard InChI is InChI=1S/C10H21NO4S/c1-15-7-8(12)6-11-9-4-3-5-10(9)16(2,13)14/h8-12H,3-7H2,1-2H3. The minimum absolute atomic E-state index is 0.0264. The third-order valence-corrected chi connectivity index (χ3v) is 4.64. The van der Waals surface area contributed by atoms with Crippen LogP contribution in [0.15, 0.2) is 0 Å². The molecule has 1 rings (SSSR count). The summed E-state index contributed by atoms with van der Waals surface area (Å²) >= 11 is 0. The number of methoxy groups -OCH3 is 1. The lowest BCUT2D eigenvalue weighted by Gasteiger charge is -2.21. The SMILES string of the molecule is COCC(O)CNC1CCCC1S(C)(=O)=O. The summed E-state index contributed by atoms with van der Waals surface area (Å²) in [6.45, 7) is 0.647. The molecule has 0 aromatic rings. The average molecular weight is 251 g/mol. The molecule has 1 aliphatic rings. The Labute approximate surface area is 97.1 Å². The molecule has 0 saturated heterocycles. The van der Waals surface area contributed by atoms with Crippen LogP contribution in [0.4, 0.5) is 0 Å². The Hall–Kier alpha value is -0.170. The molecule has 1 fully saturated rings. The number of hydrogen-bond acceptors (Lipinski definition) is 5. The molecule has 96 valence electrons. The molecule has 1 aliphatic carbocycles. The lowest BCUT2D eigenvalue weighted by molar-refractivity contribution is 0.0629. The monoisotopic (exact) mass is 251 g/mol. The molecule has 0 amide bonds. The molecule has 0 spiro atoms. The molecular weight excluding hydrogens is 230 g/mol. The highest BCUT2D eigenvalue weighted by atomic mass is 32.2. The summed E-state index contributed by atoms with van der Waals surface area (Å²) in [5, 5.41) is 12.3. The lowest BCUT2D eigenvalue weighted by Crippen LogP contribution is -2.43. The van der Waals surface area contributed by atoms with Gasteiger partial charge in [-0.25, -0.2) is 8.42 Å². The van der Waals surface area contributed by atoms with Gasteiger partial charge in [-0.1, -0.05) is 6.42 Å². The molecule has 0 aromatic carbocycles. The fourth-order valence-corrected chi connectivity index (χ4v) is 3.63. The van der Waals surface area contributed by atoms with Gasteiger partial charge in [0, 0.05) is 26.0 Å². The number of aliphatic hydroxyl groups excluding tert-OH is 1. The van der Waals surface area contributed by atoms with Gasteiger partial charge >= 0.3 is 0 Å². The maximum Gasteiger partial charge on any atom is 0.151 e. The van der Waals surface area contributed by atoms with E-state index in [0.717, 1.165) is 19.3 Å². The number of aliphatic hydroxyl groups is 1. The van der Waals surface area contributed by atoms with Gasteiger partial charge < -0.3 is 15.2 Å². The zero-order valence-corrected chi connectivity index (χ0v) is 10.7. The normalized spacial score (nSPS) is 28.2. The minimum atomic E-state index is -2.99. The van der Waals surface area contributed by atoms with E-state index in [4.69, 9.17) is 4.74 Å². The van der Waals surface area contributed by atoms with Gasteiger partial charge in [-0.15, -0.1) is 0 Å². The summed E-state index contributed by atoms with van der Waals surface area (Å²) in [6, 6.07) is -0.0264. The van der Waals surface area contributed by atoms with E-state index in [9.17, 15) is 13.5 Å². The van der Waals surface area contributed by atoms with Gasteiger partial charge in [0.25, 0.3) is 0 Å². The summed E-state index contributed by atoms with van der Waals surface area (Å²) in [5.74, 6) is 0. The second-order valence-electron chi connectivity index (χ2n) is 4.42. The van der Waals surface area contributed by atoms with Crippen molar-refractivity contribution < 1.29 is 18.3 Å². The van der Waals surface area contributed by atoms with Gasteiger partial charge in [0.2, 0.25) is 0 Å². The summed E-state index contributed by atoms with van der Waals surface area (Å²) in [7, 11) is -1.46. The van der Waals surface area contributed by atoms with Gasteiger partial charge in [-0.2, -0.15) is 0 Å². The number of hydrogen-bond donors (Lipinski definition) is 2. The first-order chi connectivity index (χ1) is 7.45. The predicted molar refractivity (Wildman–Crippen MR) is 62.2 cm³/mol. The van der Waals surface area contributed by atoms with Crippen LogP contribution in [0.1, 0.15) is 19.3 Å². The maximum atomic E-state index is 11.5. The number of sulfone groups is 1. The van der Waals surface area contributed by atoms with Crippen LogP contribution in [0.25, 0.3) is 0 Å². The van der Waals surface area contributed by atoms with E-state index in [1.807, 2.05) is 0 Å². The molecule has 1 saturated carbocycles. The third kappa shape index (κ3) is 4.01. The van der Waals surface area contributed by atoms with Crippen molar-refractivity contribution in [2.24, 2.45) is 0 Å². The van der Waals surface area contributed by atoms with Gasteiger partial charge in [-0.05, 0) is 12.8 Å². The van der Waals surface area contributed by atoms with Gasteiger partial charge in [0.15, 0.2) is 9.84 Å². The molecule has 3 atom stereocenters. The van der Waals surface area contributed by atoms with Crippen LogP contribution in [0.5, 0.6) is 0 Å². The summed E-state index contributed by atoms with van der Waals surface area (Å²) in [4.78, 5) is 0. The van der Waals surface area contributed by atoms with Crippen LogP contribution in [-0.4, -0.2) is 57.4 Å². The van der Waals surface area contributed by atoms with E-state index in [1.54, 1.807) is 0 Å². The number of rotatable bonds is 6. The van der Waals surface area contributed by atoms with Crippen LogP contribution >= 0.6 is 0 Å². The molecule has 0 aromatic heterocycles. The minimum Gasteiger partial charge on any atom is -0.389 e. The van der Waals surface area contributed by atoms with Gasteiger partial charge in [0.05, 0.1) is 18.0 Å². The molecule has 16 heavy (non-hydrogen) atoms. The highest BCUT2D eigenvalue weighted by molar-refractivity contribution is 7.91. The van der Waals surface area contributed by atoms with E-state index < -0.39 is 15.9 Å². The van der Waals surface area contributed by atoms with Crippen molar-refractivity contribution in [1.29, 1.82) is 0 Å². The molecule has 0 radical (unpaired) electrons. The molecule has 3 unspecified atom stereocenters. The Balaban J connectivity index is 2.42. The Kier molecular flexibility index (Phi) is 5.17. The van der Waals surface area contributed by atoms with Gasteiger partial charge in [-0.3, -0.25) is 0 Å². The molecule has 0 heterocycles. The lowest BCUT2D eigenvalue weighted by atomic mass is 10.2. The number of nitrogens with one attached hydrogen (secondary N) is 1. The first-order valence-electron chi connectivity index (χ1n) is 5.54.